The van der Waals surface area contributed by atoms with Crippen molar-refractivity contribution in [2.75, 3.05) is 18.1 Å². The van der Waals surface area contributed by atoms with Crippen LogP contribution in [-0.2, 0) is 0 Å². The minimum Gasteiger partial charge on any atom is -0.492 e. The Kier molecular flexibility index (Phi) is 4.75. The highest BCUT2D eigenvalue weighted by atomic mass is 32.2. The van der Waals surface area contributed by atoms with E-state index in [0.717, 1.165) is 10.1 Å². The highest BCUT2D eigenvalue weighted by Crippen LogP contribution is 2.24. The predicted octanol–water partition coefficient (Wildman–Crippen LogP) is 2.49. The molecule has 7 heteroatoms. The maximum atomic E-state index is 11.4. The van der Waals surface area contributed by atoms with Crippen LogP contribution in [0.3, 0.4) is 0 Å². The number of thioether (sulfide) groups is 1. The molecule has 2 rings (SSSR count). The Morgan fingerprint density at radius 2 is 2.21 bits per heavy atom. The summed E-state index contributed by atoms with van der Waals surface area (Å²) in [5.41, 5.74) is 6.09. The number of rotatable bonds is 6. The second-order valence-corrected chi connectivity index (χ2v) is 6.01. The van der Waals surface area contributed by atoms with Gasteiger partial charge in [-0.1, -0.05) is 35.2 Å². The maximum absolute atomic E-state index is 11.4. The van der Waals surface area contributed by atoms with E-state index >= 15 is 0 Å². The lowest BCUT2D eigenvalue weighted by Crippen LogP contribution is -2.04. The van der Waals surface area contributed by atoms with E-state index < -0.39 is 0 Å². The van der Waals surface area contributed by atoms with Crippen LogP contribution in [0.25, 0.3) is 0 Å². The van der Waals surface area contributed by atoms with Gasteiger partial charge in [0, 0.05) is 5.75 Å². The van der Waals surface area contributed by atoms with Gasteiger partial charge >= 0.3 is 0 Å². The summed E-state index contributed by atoms with van der Waals surface area (Å²) >= 11 is 2.88. The summed E-state index contributed by atoms with van der Waals surface area (Å²) in [5.74, 6) is 1.34. The third-order valence-electron chi connectivity index (χ3n) is 2.25. The van der Waals surface area contributed by atoms with Gasteiger partial charge in [0.25, 0.3) is 0 Å². The molecule has 0 aliphatic heterocycles. The van der Waals surface area contributed by atoms with Crippen molar-refractivity contribution in [3.8, 4) is 5.75 Å². The highest BCUT2D eigenvalue weighted by Gasteiger charge is 2.07. The number of ketones is 1. The van der Waals surface area contributed by atoms with Gasteiger partial charge in [-0.3, -0.25) is 4.79 Å². The van der Waals surface area contributed by atoms with Crippen LogP contribution in [0.2, 0.25) is 0 Å². The quantitative estimate of drug-likeness (QED) is 0.501. The highest BCUT2D eigenvalue weighted by molar-refractivity contribution is 8.01. The number of hydrogen-bond donors (Lipinski definition) is 1. The van der Waals surface area contributed by atoms with Crippen LogP contribution in [-0.4, -0.2) is 28.3 Å². The number of nitrogens with two attached hydrogens (primary N) is 1. The lowest BCUT2D eigenvalue weighted by atomic mass is 10.1. The number of para-hydroxylation sites is 1. The lowest BCUT2D eigenvalue weighted by molar-refractivity contribution is 0.101. The predicted molar refractivity (Wildman–Crippen MR) is 77.0 cm³/mol. The molecule has 2 N–H and O–H groups in total. The second-order valence-electron chi connectivity index (χ2n) is 3.66. The fraction of sp³-hybridized carbons (Fsp3) is 0.250. The number of anilines is 1. The first-order valence-corrected chi connectivity index (χ1v) is 7.41. The molecular weight excluding hydrogens is 282 g/mol. The normalized spacial score (nSPS) is 10.4. The SMILES string of the molecule is CC(=O)c1ccccc1OCCSc1nnc(N)s1. The summed E-state index contributed by atoms with van der Waals surface area (Å²) in [6.07, 6.45) is 0. The minimum atomic E-state index is 0.000139. The van der Waals surface area contributed by atoms with Gasteiger partial charge in [0.05, 0.1) is 12.2 Å². The first-order valence-electron chi connectivity index (χ1n) is 5.61. The molecule has 0 fully saturated rings. The Bertz CT molecular complexity index is 572. The molecule has 5 nitrogen and oxygen atoms in total. The standard InChI is InChI=1S/C12H13N3O2S2/c1-8(16)9-4-2-3-5-10(9)17-6-7-18-12-15-14-11(13)19-12/h2-5H,6-7H2,1H3,(H2,13,14). The van der Waals surface area contributed by atoms with Crippen molar-refractivity contribution in [3.05, 3.63) is 29.8 Å². The summed E-state index contributed by atoms with van der Waals surface area (Å²) in [6.45, 7) is 2.02. The van der Waals surface area contributed by atoms with E-state index in [9.17, 15) is 4.79 Å². The monoisotopic (exact) mass is 295 g/mol. The minimum absolute atomic E-state index is 0.000139. The Morgan fingerprint density at radius 1 is 1.42 bits per heavy atom. The first-order chi connectivity index (χ1) is 9.16. The van der Waals surface area contributed by atoms with Crippen molar-refractivity contribution >= 4 is 34.0 Å². The van der Waals surface area contributed by atoms with Crippen LogP contribution in [0.1, 0.15) is 17.3 Å². The molecule has 0 aliphatic carbocycles. The fourth-order valence-electron chi connectivity index (χ4n) is 1.44. The number of ether oxygens (including phenoxy) is 1. The number of benzene rings is 1. The molecule has 100 valence electrons. The van der Waals surface area contributed by atoms with E-state index in [0.29, 0.717) is 23.1 Å². The van der Waals surface area contributed by atoms with Gasteiger partial charge in [-0.25, -0.2) is 0 Å². The number of Topliss-reactive ketones (excluding diaryl/α,β-unsaturated/α-hetero) is 1. The molecule has 0 saturated heterocycles. The van der Waals surface area contributed by atoms with Gasteiger partial charge in [-0.15, -0.1) is 10.2 Å². The zero-order valence-electron chi connectivity index (χ0n) is 10.3. The van der Waals surface area contributed by atoms with E-state index in [1.165, 1.54) is 30.0 Å². The Hall–Kier alpha value is -1.60. The smallest absolute Gasteiger partial charge is 0.203 e. The lowest BCUT2D eigenvalue weighted by Gasteiger charge is -2.08. The summed E-state index contributed by atoms with van der Waals surface area (Å²) in [6, 6.07) is 7.23. The van der Waals surface area contributed by atoms with Crippen molar-refractivity contribution in [2.45, 2.75) is 11.3 Å². The number of nitrogen functional groups attached to an aromatic ring is 1. The zero-order chi connectivity index (χ0) is 13.7. The van der Waals surface area contributed by atoms with Gasteiger partial charge in [-0.05, 0) is 19.1 Å². The number of carbonyl (C=O) groups excluding carboxylic acids is 1. The van der Waals surface area contributed by atoms with Gasteiger partial charge in [-0.2, -0.15) is 0 Å². The summed E-state index contributed by atoms with van der Waals surface area (Å²) in [4.78, 5) is 11.4. The number of carbonyl (C=O) groups is 1. The average Bonchev–Trinajstić information content (AvgIpc) is 2.81. The van der Waals surface area contributed by atoms with Gasteiger partial charge < -0.3 is 10.5 Å². The van der Waals surface area contributed by atoms with Crippen LogP contribution < -0.4 is 10.5 Å². The third-order valence-corrected chi connectivity index (χ3v) is 4.10. The van der Waals surface area contributed by atoms with E-state index in [4.69, 9.17) is 10.5 Å². The Labute approximate surface area is 119 Å². The fourth-order valence-corrected chi connectivity index (χ4v) is 2.97. The first kappa shape index (κ1) is 13.8. The molecule has 19 heavy (non-hydrogen) atoms. The van der Waals surface area contributed by atoms with Crippen molar-refractivity contribution in [1.82, 2.24) is 10.2 Å². The Morgan fingerprint density at radius 3 is 2.89 bits per heavy atom. The maximum Gasteiger partial charge on any atom is 0.203 e. The van der Waals surface area contributed by atoms with Crippen molar-refractivity contribution in [1.29, 1.82) is 0 Å². The van der Waals surface area contributed by atoms with Crippen molar-refractivity contribution < 1.29 is 9.53 Å². The summed E-state index contributed by atoms with van der Waals surface area (Å²) in [7, 11) is 0. The van der Waals surface area contributed by atoms with E-state index in [2.05, 4.69) is 10.2 Å². The second kappa shape index (κ2) is 6.53. The molecule has 0 radical (unpaired) electrons. The van der Waals surface area contributed by atoms with E-state index in [1.807, 2.05) is 12.1 Å². The molecule has 0 spiro atoms. The molecule has 0 bridgehead atoms. The van der Waals surface area contributed by atoms with Crippen LogP contribution >= 0.6 is 23.1 Å². The molecule has 0 saturated carbocycles. The summed E-state index contributed by atoms with van der Waals surface area (Å²) in [5, 5.41) is 8.10. The molecule has 1 aromatic heterocycles. The molecule has 0 unspecified atom stereocenters. The Balaban J connectivity index is 1.84. The topological polar surface area (TPSA) is 78.1 Å². The van der Waals surface area contributed by atoms with Crippen molar-refractivity contribution in [2.24, 2.45) is 0 Å². The average molecular weight is 295 g/mol. The largest absolute Gasteiger partial charge is 0.492 e. The number of aromatic nitrogens is 2. The number of nitrogens with zero attached hydrogens (tertiary/aromatic N) is 2. The molecule has 1 heterocycles. The molecule has 0 amide bonds. The molecular formula is C12H13N3O2S2. The zero-order valence-corrected chi connectivity index (χ0v) is 12.0. The van der Waals surface area contributed by atoms with Gasteiger partial charge in [0.15, 0.2) is 10.1 Å². The van der Waals surface area contributed by atoms with E-state index in [-0.39, 0.29) is 5.78 Å². The molecule has 0 aliphatic rings. The molecule has 1 aromatic carbocycles. The van der Waals surface area contributed by atoms with Crippen LogP contribution in [0.5, 0.6) is 5.75 Å². The third kappa shape index (κ3) is 3.93. The molecule has 2 aromatic rings. The number of hydrogen-bond acceptors (Lipinski definition) is 7. The van der Waals surface area contributed by atoms with Gasteiger partial charge in [0.1, 0.15) is 5.75 Å². The molecule has 0 atom stereocenters. The van der Waals surface area contributed by atoms with Crippen molar-refractivity contribution in [3.63, 3.8) is 0 Å². The summed E-state index contributed by atoms with van der Waals surface area (Å²) < 4.78 is 6.43. The van der Waals surface area contributed by atoms with Gasteiger partial charge in [0.2, 0.25) is 5.13 Å². The van der Waals surface area contributed by atoms with E-state index in [1.54, 1.807) is 12.1 Å². The van der Waals surface area contributed by atoms with Crippen LogP contribution in [0.4, 0.5) is 5.13 Å². The van der Waals surface area contributed by atoms with Crippen LogP contribution in [0.15, 0.2) is 28.6 Å². The van der Waals surface area contributed by atoms with Crippen LogP contribution in [0, 0.1) is 0 Å².